The van der Waals surface area contributed by atoms with E-state index >= 15 is 0 Å². The van der Waals surface area contributed by atoms with Crippen molar-refractivity contribution in [2.24, 2.45) is 0 Å². The maximum Gasteiger partial charge on any atom is 0.252 e. The molecule has 4 unspecified atom stereocenters. The maximum absolute atomic E-state index is 2.96. The van der Waals surface area contributed by atoms with Gasteiger partial charge in [0.15, 0.2) is 0 Å². The van der Waals surface area contributed by atoms with Crippen LogP contribution in [0.4, 0.5) is 22.7 Å². The van der Waals surface area contributed by atoms with Crippen LogP contribution in [-0.4, -0.2) is 22.4 Å². The number of nitrogens with zero attached hydrogens (tertiary/aromatic N) is 3. The van der Waals surface area contributed by atoms with Gasteiger partial charge in [-0.05, 0) is 156 Å². The Balaban J connectivity index is 1.21. The Morgan fingerprint density at radius 1 is 0.569 bits per heavy atom. The number of hydrogen-bond acceptors (Lipinski definition) is 2. The highest BCUT2D eigenvalue weighted by Crippen LogP contribution is 2.66. The molecular formula is C61H66BN3. The minimum absolute atomic E-state index is 0.0195. The number of rotatable bonds is 2. The van der Waals surface area contributed by atoms with E-state index in [1.807, 2.05) is 0 Å². The van der Waals surface area contributed by atoms with Crippen molar-refractivity contribution < 1.29 is 0 Å². The normalized spacial score (nSPS) is 26.0. The zero-order valence-corrected chi connectivity index (χ0v) is 40.9. The Labute approximate surface area is 388 Å². The molecule has 1 aromatic heterocycles. The first kappa shape index (κ1) is 40.1. The monoisotopic (exact) mass is 852 g/mol. The summed E-state index contributed by atoms with van der Waals surface area (Å²) in [7, 11) is 0. The summed E-state index contributed by atoms with van der Waals surface area (Å²) >= 11 is 0. The lowest BCUT2D eigenvalue weighted by molar-refractivity contribution is 0.194. The van der Waals surface area contributed by atoms with Gasteiger partial charge in [0.25, 0.3) is 6.71 Å². The van der Waals surface area contributed by atoms with E-state index in [1.165, 1.54) is 139 Å². The van der Waals surface area contributed by atoms with E-state index in [0.717, 1.165) is 12.8 Å². The van der Waals surface area contributed by atoms with Crippen LogP contribution in [-0.2, 0) is 21.7 Å². The van der Waals surface area contributed by atoms with Gasteiger partial charge >= 0.3 is 0 Å². The molecule has 4 atom stereocenters. The molecule has 3 nitrogen and oxygen atoms in total. The SMILES string of the molecule is Cc1cc(C)c2c(c1)N(c1cc3c4c(c1)-n1c5ccc(C(C)(C)C)cc5c5cc(C(C)(C)C)cc(c51)B4c1cccc4c1N3C1(C)CCCCC41c1ccccc1)C1(C)CCCCC21C. The molecule has 0 saturated heterocycles. The van der Waals surface area contributed by atoms with E-state index in [-0.39, 0.29) is 39.5 Å². The maximum atomic E-state index is 2.96. The second-order valence-electron chi connectivity index (χ2n) is 24.3. The first-order valence-corrected chi connectivity index (χ1v) is 25.1. The number of hydrogen-bond donors (Lipinski definition) is 0. The number of anilines is 4. The second kappa shape index (κ2) is 12.6. The van der Waals surface area contributed by atoms with Crippen molar-refractivity contribution in [1.82, 2.24) is 4.57 Å². The Hall–Kier alpha value is -5.22. The van der Waals surface area contributed by atoms with Gasteiger partial charge in [-0.25, -0.2) is 0 Å². The standard InChI is InChI=1S/C61H66BN3/c1-37-30-38(2)52-49(31-37)64(59(10)27-16-15-26-58(52,59)9)42-35-50-53-51(36-42)65-55-45(61(39-20-13-12-14-21-39)29-18-17-28-60(61,65)11)22-19-23-46(55)62(53)47-34-41(57(6,7)8)33-44-43-32-40(56(3,4)5)24-25-48(43)63(50)54(44)47/h12-14,19-25,30-36H,15-18,26-29H2,1-11H3. The fraction of sp³-hybridized carbons (Fsp3) is 0.410. The van der Waals surface area contributed by atoms with Crippen molar-refractivity contribution in [1.29, 1.82) is 0 Å². The Morgan fingerprint density at radius 3 is 2.02 bits per heavy atom. The van der Waals surface area contributed by atoms with Gasteiger partial charge in [0.1, 0.15) is 0 Å². The van der Waals surface area contributed by atoms with Crippen molar-refractivity contribution in [3.63, 3.8) is 0 Å². The minimum Gasteiger partial charge on any atom is -0.335 e. The van der Waals surface area contributed by atoms with Crippen molar-refractivity contribution in [3.05, 3.63) is 142 Å². The van der Waals surface area contributed by atoms with Crippen LogP contribution in [0.5, 0.6) is 0 Å². The lowest BCUT2D eigenvalue weighted by Crippen LogP contribution is -2.64. The predicted molar refractivity (Wildman–Crippen MR) is 278 cm³/mol. The van der Waals surface area contributed by atoms with Crippen LogP contribution in [0.3, 0.4) is 0 Å². The topological polar surface area (TPSA) is 11.4 Å². The van der Waals surface area contributed by atoms with E-state index < -0.39 is 0 Å². The molecule has 6 aromatic carbocycles. The molecule has 4 aliphatic heterocycles. The van der Waals surface area contributed by atoms with Gasteiger partial charge in [0.05, 0.1) is 16.6 Å². The first-order chi connectivity index (χ1) is 30.9. The lowest BCUT2D eigenvalue weighted by Gasteiger charge is -2.54. The molecule has 0 bridgehead atoms. The fourth-order valence-corrected chi connectivity index (χ4v) is 15.6. The van der Waals surface area contributed by atoms with Crippen molar-refractivity contribution >= 4 is 67.7 Å². The molecule has 2 saturated carbocycles. The smallest absolute Gasteiger partial charge is 0.252 e. The van der Waals surface area contributed by atoms with Gasteiger partial charge in [-0.1, -0.05) is 141 Å². The van der Waals surface area contributed by atoms with E-state index in [1.54, 1.807) is 5.56 Å². The van der Waals surface area contributed by atoms with E-state index in [4.69, 9.17) is 0 Å². The number of aromatic nitrogens is 1. The zero-order valence-electron chi connectivity index (χ0n) is 40.9. The van der Waals surface area contributed by atoms with Gasteiger partial charge in [-0.2, -0.15) is 0 Å². The van der Waals surface area contributed by atoms with Crippen LogP contribution in [0.15, 0.2) is 103 Å². The largest absolute Gasteiger partial charge is 0.335 e. The summed E-state index contributed by atoms with van der Waals surface area (Å²) < 4.78 is 2.75. The van der Waals surface area contributed by atoms with Crippen molar-refractivity contribution in [3.8, 4) is 5.69 Å². The Bertz CT molecular complexity index is 3230. The molecule has 0 radical (unpaired) electrons. The molecule has 7 aromatic rings. The van der Waals surface area contributed by atoms with E-state index in [0.29, 0.717) is 0 Å². The molecule has 0 N–H and O–H groups in total. The lowest BCUT2D eigenvalue weighted by atomic mass is 9.33. The quantitative estimate of drug-likeness (QED) is 0.161. The second-order valence-corrected chi connectivity index (χ2v) is 24.3. The van der Waals surface area contributed by atoms with Gasteiger partial charge in [0.2, 0.25) is 0 Å². The molecule has 4 heteroatoms. The summed E-state index contributed by atoms with van der Waals surface area (Å²) in [4.78, 5) is 5.85. The highest BCUT2D eigenvalue weighted by molar-refractivity contribution is 7.00. The highest BCUT2D eigenvalue weighted by atomic mass is 15.3. The van der Waals surface area contributed by atoms with Gasteiger partial charge in [0, 0.05) is 55.6 Å². The van der Waals surface area contributed by atoms with Crippen LogP contribution >= 0.6 is 0 Å². The summed E-state index contributed by atoms with van der Waals surface area (Å²) in [6.45, 7) is 27.0. The fourth-order valence-electron chi connectivity index (χ4n) is 15.6. The number of aryl methyl sites for hydroxylation is 2. The van der Waals surface area contributed by atoms with Gasteiger partial charge < -0.3 is 14.4 Å². The van der Waals surface area contributed by atoms with Crippen LogP contribution in [0.2, 0.25) is 0 Å². The van der Waals surface area contributed by atoms with Gasteiger partial charge in [-0.15, -0.1) is 0 Å². The van der Waals surface area contributed by atoms with Crippen molar-refractivity contribution in [2.45, 2.75) is 160 Å². The molecule has 2 aliphatic carbocycles. The minimum atomic E-state index is -0.162. The van der Waals surface area contributed by atoms with Gasteiger partial charge in [-0.3, -0.25) is 0 Å². The number of benzene rings is 6. The Kier molecular flexibility index (Phi) is 7.78. The van der Waals surface area contributed by atoms with E-state index in [9.17, 15) is 0 Å². The van der Waals surface area contributed by atoms with Crippen LogP contribution in [0.1, 0.15) is 153 Å². The predicted octanol–water partition coefficient (Wildman–Crippen LogP) is 13.7. The molecule has 6 aliphatic rings. The molecule has 0 amide bonds. The summed E-state index contributed by atoms with van der Waals surface area (Å²) in [5, 5.41) is 2.77. The molecule has 328 valence electrons. The van der Waals surface area contributed by atoms with Crippen LogP contribution in [0.25, 0.3) is 27.5 Å². The third-order valence-corrected chi connectivity index (χ3v) is 18.8. The van der Waals surface area contributed by atoms with Crippen LogP contribution < -0.4 is 26.2 Å². The molecule has 5 heterocycles. The zero-order chi connectivity index (χ0) is 45.0. The molecule has 0 spiro atoms. The third kappa shape index (κ3) is 4.75. The van der Waals surface area contributed by atoms with Crippen molar-refractivity contribution in [2.75, 3.05) is 9.80 Å². The molecule has 13 rings (SSSR count). The highest BCUT2D eigenvalue weighted by Gasteiger charge is 2.65. The molecule has 2 fully saturated rings. The molecule has 65 heavy (non-hydrogen) atoms. The summed E-state index contributed by atoms with van der Waals surface area (Å²) in [6, 6.07) is 42.2. The number of fused-ring (bicyclic) bond motifs is 13. The summed E-state index contributed by atoms with van der Waals surface area (Å²) in [5.74, 6) is 0. The van der Waals surface area contributed by atoms with E-state index in [2.05, 4.69) is 194 Å². The summed E-state index contributed by atoms with van der Waals surface area (Å²) in [5.41, 5.74) is 24.1. The number of para-hydroxylation sites is 1. The third-order valence-electron chi connectivity index (χ3n) is 18.8. The Morgan fingerprint density at radius 2 is 1.26 bits per heavy atom. The first-order valence-electron chi connectivity index (χ1n) is 25.1. The van der Waals surface area contributed by atoms with Crippen LogP contribution in [0, 0.1) is 13.8 Å². The average molecular weight is 852 g/mol. The average Bonchev–Trinajstić information content (AvgIpc) is 3.80. The summed E-state index contributed by atoms with van der Waals surface area (Å²) in [6.07, 6.45) is 9.74. The molecular weight excluding hydrogens is 786 g/mol.